The molecule has 23 nitrogen and oxygen atoms in total. The minimum absolute atomic E-state index is 0.0204. The van der Waals surface area contributed by atoms with Gasteiger partial charge in [-0.2, -0.15) is 10.1 Å². The van der Waals surface area contributed by atoms with Gasteiger partial charge in [-0.3, -0.25) is 33.6 Å². The van der Waals surface area contributed by atoms with Gasteiger partial charge in [0.25, 0.3) is 11.8 Å². The first-order valence-corrected chi connectivity index (χ1v) is 38.0. The molecule has 2 heterocycles. The molecule has 12 N–H and O–H groups in total. The van der Waals surface area contributed by atoms with E-state index in [2.05, 4.69) is 106 Å². The van der Waals surface area contributed by atoms with Crippen LogP contribution in [0.15, 0.2) is 78.9 Å². The van der Waals surface area contributed by atoms with Gasteiger partial charge in [-0.1, -0.05) is 118 Å². The van der Waals surface area contributed by atoms with Crippen molar-refractivity contribution in [2.24, 2.45) is 75.7 Å². The lowest BCUT2D eigenvalue weighted by Crippen LogP contribution is -2.62. The number of hydroxylamine groups is 4. The molecule has 5 amide bonds. The predicted octanol–water partition coefficient (Wildman–Crippen LogP) is 8.53. The first kappa shape index (κ1) is 83.9. The SMILES string of the molecule is CC(N)=O.COc1c(CN2O[C@@H](CO)[C@@H]([C@H](C)O)[C@H]2C(=O)N[C@H]2C[C@H]3C[C@@H]([C@@H]2C)C3(C)C)cccc1-c1cc(N)cc(C(=O)N[C@@H](CC(C)C)CN(C)C)c1.COc1c(CN2O[C@@H](CO)[C@@H]([C@H](C)O)[C@H]2C(=O)N[C@H]2C[C@H]3C[C@@H]([C@@H]2C)C3(C)C)cccc1-c1cccc(C(=O)N[C@@H](CC(C)C)CN(C)C)c1. The van der Waals surface area contributed by atoms with Crippen LogP contribution in [-0.4, -0.2) is 199 Å². The first-order chi connectivity index (χ1) is 49.4. The number of likely N-dealkylation sites (N-methyl/N-ethyl adjacent to an activating group) is 2. The van der Waals surface area contributed by atoms with Gasteiger partial charge in [-0.15, -0.1) is 0 Å². The molecule has 18 atom stereocenters. The molecule has 0 spiro atoms. The van der Waals surface area contributed by atoms with Crippen LogP contribution in [-0.2, 0) is 37.1 Å². The van der Waals surface area contributed by atoms with E-state index in [-0.39, 0.29) is 85.4 Å². The summed E-state index contributed by atoms with van der Waals surface area (Å²) in [6.07, 6.45) is 2.72. The Hall–Kier alpha value is -6.77. The summed E-state index contributed by atoms with van der Waals surface area (Å²) in [6.45, 7) is 28.2. The smallest absolute Gasteiger partial charge is 0.251 e. The van der Waals surface area contributed by atoms with Crippen LogP contribution in [0.5, 0.6) is 11.5 Å². The summed E-state index contributed by atoms with van der Waals surface area (Å²) in [7, 11) is 11.2. The number of aliphatic hydroxyl groups excluding tert-OH is 4. The molecular formula is C82H126N10O13. The number of nitrogens with two attached hydrogens (primary N) is 2. The molecule has 12 rings (SSSR count). The molecule has 8 aliphatic rings. The van der Waals surface area contributed by atoms with Gasteiger partial charge in [0.05, 0.1) is 52.7 Å². The van der Waals surface area contributed by atoms with Crippen LogP contribution in [0.3, 0.4) is 0 Å². The van der Waals surface area contributed by atoms with Gasteiger partial charge < -0.3 is 72.4 Å². The Morgan fingerprint density at radius 2 is 0.981 bits per heavy atom. The van der Waals surface area contributed by atoms with Crippen molar-refractivity contribution in [2.45, 2.75) is 202 Å². The summed E-state index contributed by atoms with van der Waals surface area (Å²) < 4.78 is 12.0. The largest absolute Gasteiger partial charge is 0.496 e. The number of fused-ring (bicyclic) bond motifs is 4. The summed E-state index contributed by atoms with van der Waals surface area (Å²) in [5.74, 6) is 2.64. The Kier molecular flexibility index (Phi) is 28.7. The summed E-state index contributed by atoms with van der Waals surface area (Å²) in [5, 5.41) is 58.7. The number of nitrogen functional groups attached to an aromatic ring is 1. The number of nitrogens with zero attached hydrogens (tertiary/aromatic N) is 4. The molecule has 4 aromatic rings. The molecule has 105 heavy (non-hydrogen) atoms. The van der Waals surface area contributed by atoms with E-state index in [0.717, 1.165) is 66.6 Å². The van der Waals surface area contributed by atoms with Crippen molar-refractivity contribution < 1.29 is 63.5 Å². The topological polar surface area (TPSA) is 316 Å². The van der Waals surface area contributed by atoms with E-state index in [1.54, 1.807) is 44.3 Å². The number of hydrogen-bond donors (Lipinski definition) is 10. The van der Waals surface area contributed by atoms with Gasteiger partial charge in [0.1, 0.15) is 35.8 Å². The number of anilines is 1. The maximum atomic E-state index is 14.2. The van der Waals surface area contributed by atoms with Gasteiger partial charge in [0.15, 0.2) is 0 Å². The quantitative estimate of drug-likeness (QED) is 0.0238. The van der Waals surface area contributed by atoms with E-state index in [1.807, 2.05) is 101 Å². The van der Waals surface area contributed by atoms with E-state index in [4.69, 9.17) is 24.9 Å². The number of carbonyl (C=O) groups is 5. The molecule has 23 heteroatoms. The number of hydrogen-bond acceptors (Lipinski definition) is 18. The number of para-hydroxylation sites is 2. The van der Waals surface area contributed by atoms with Gasteiger partial charge in [0, 0.05) is 95.1 Å². The number of nitrogens with one attached hydrogen (secondary N) is 4. The van der Waals surface area contributed by atoms with Crippen molar-refractivity contribution in [3.05, 3.63) is 101 Å². The number of methoxy groups -OCH3 is 2. The van der Waals surface area contributed by atoms with Crippen molar-refractivity contribution in [2.75, 3.05) is 74.4 Å². The summed E-state index contributed by atoms with van der Waals surface area (Å²) in [5.41, 5.74) is 17.5. The zero-order chi connectivity index (χ0) is 77.4. The third-order valence-electron chi connectivity index (χ3n) is 23.7. The van der Waals surface area contributed by atoms with E-state index >= 15 is 0 Å². The fourth-order valence-electron chi connectivity index (χ4n) is 18.3. The van der Waals surface area contributed by atoms with Crippen molar-refractivity contribution in [3.63, 3.8) is 0 Å². The van der Waals surface area contributed by atoms with Crippen LogP contribution in [0.1, 0.15) is 160 Å². The minimum atomic E-state index is -0.901. The summed E-state index contributed by atoms with van der Waals surface area (Å²) >= 11 is 0. The van der Waals surface area contributed by atoms with Crippen LogP contribution >= 0.6 is 0 Å². The lowest BCUT2D eigenvalue weighted by molar-refractivity contribution is -0.183. The van der Waals surface area contributed by atoms with Gasteiger partial charge in [-0.05, 0) is 180 Å². The molecule has 2 aliphatic heterocycles. The highest BCUT2D eigenvalue weighted by molar-refractivity contribution is 5.97. The fraction of sp³-hybridized carbons (Fsp3) is 0.646. The van der Waals surface area contributed by atoms with E-state index < -0.39 is 48.3 Å². The highest BCUT2D eigenvalue weighted by Gasteiger charge is 2.59. The van der Waals surface area contributed by atoms with Crippen LogP contribution in [0, 0.1) is 70.0 Å². The number of aliphatic hydroxyl groups is 4. The molecule has 4 bridgehead atoms. The molecule has 2 saturated heterocycles. The Labute approximate surface area is 624 Å². The number of amides is 5. The molecule has 0 radical (unpaired) electrons. The van der Waals surface area contributed by atoms with E-state index in [9.17, 15) is 44.4 Å². The first-order valence-electron chi connectivity index (χ1n) is 38.0. The van der Waals surface area contributed by atoms with Crippen molar-refractivity contribution in [3.8, 4) is 33.8 Å². The fourth-order valence-corrected chi connectivity index (χ4v) is 18.3. The molecule has 4 aromatic carbocycles. The zero-order valence-electron chi connectivity index (χ0n) is 65.9. The van der Waals surface area contributed by atoms with Gasteiger partial charge in [-0.25, -0.2) is 0 Å². The average molecular weight is 1460 g/mol. The summed E-state index contributed by atoms with van der Waals surface area (Å²) in [4.78, 5) is 81.2. The number of rotatable bonds is 28. The van der Waals surface area contributed by atoms with Crippen LogP contribution in [0.25, 0.3) is 22.3 Å². The molecule has 0 aromatic heterocycles. The molecule has 8 fully saturated rings. The average Bonchev–Trinajstić information content (AvgIpc) is 1.06. The molecule has 582 valence electrons. The van der Waals surface area contributed by atoms with Gasteiger partial charge in [0.2, 0.25) is 17.7 Å². The van der Waals surface area contributed by atoms with Crippen LogP contribution in [0.2, 0.25) is 0 Å². The Balaban J connectivity index is 0.000000253. The lowest BCUT2D eigenvalue weighted by atomic mass is 9.45. The van der Waals surface area contributed by atoms with Crippen LogP contribution in [0.4, 0.5) is 5.69 Å². The second-order valence-corrected chi connectivity index (χ2v) is 33.6. The molecule has 0 unspecified atom stereocenters. The van der Waals surface area contributed by atoms with Crippen LogP contribution < -0.4 is 42.2 Å². The number of primary amides is 1. The lowest BCUT2D eigenvalue weighted by Gasteiger charge is -2.62. The monoisotopic (exact) mass is 1460 g/mol. The van der Waals surface area contributed by atoms with E-state index in [0.29, 0.717) is 86.6 Å². The highest BCUT2D eigenvalue weighted by Crippen LogP contribution is 2.62. The Morgan fingerprint density at radius 3 is 1.34 bits per heavy atom. The van der Waals surface area contributed by atoms with E-state index in [1.165, 1.54) is 19.8 Å². The summed E-state index contributed by atoms with van der Waals surface area (Å²) in [6, 6.07) is 22.8. The minimum Gasteiger partial charge on any atom is -0.496 e. The predicted molar refractivity (Wildman–Crippen MR) is 410 cm³/mol. The zero-order valence-corrected chi connectivity index (χ0v) is 65.9. The number of carbonyl (C=O) groups excluding carboxylic acids is 5. The molecule has 6 saturated carbocycles. The number of benzene rings is 4. The van der Waals surface area contributed by atoms with Gasteiger partial charge >= 0.3 is 0 Å². The normalized spacial score (nSPS) is 27.6. The maximum absolute atomic E-state index is 14.2. The second kappa shape index (κ2) is 36.0. The van der Waals surface area contributed by atoms with Crippen molar-refractivity contribution in [1.29, 1.82) is 0 Å². The van der Waals surface area contributed by atoms with Crippen molar-refractivity contribution in [1.82, 2.24) is 41.2 Å². The third-order valence-corrected chi connectivity index (χ3v) is 23.7. The highest BCUT2D eigenvalue weighted by atomic mass is 16.7. The standard InChI is InChI=1S/C40H61N5O6.C40H60N4O6.C2H5NO/c1-22(2)13-30(20-44(7)8)42-38(48)27-14-26(15-29(41)16-27)31-12-10-11-25(37(31)50-9)19-45-36(35(24(4)47)34(21-46)51-45)39(49)43-33-18-28-17-32(23(33)3)40(28,5)6;1-23(2)16-30(21-43(7)8)41-38(47)27-13-10-12-26(17-27)31-15-11-14-28(37(31)49-9)20-44-36(35(25(4)46)34(22-45)50-44)39(48)42-33-19-29-18-32(24(33)3)40(29,5)6;1-2(3)4/h10-12,14-16,22-24,28,30,32-36,46-47H,13,17-21,41H2,1-9H3,(H,42,48)(H,43,49);10-15,17,23-25,29-30,32-36,45-46H,16,18-22H2,1-9H3,(H,41,47)(H,42,48);1H3,(H2,3,4)/t23-,24-,28+,30-,32-,33-,34-,35+,36-;24-,25-,29+,30-,32-,33-,34-,35+,36-;/m00./s1. The maximum Gasteiger partial charge on any atom is 0.251 e. The Bertz CT molecular complexity index is 3580. The van der Waals surface area contributed by atoms with Crippen molar-refractivity contribution >= 4 is 35.2 Å². The Morgan fingerprint density at radius 1 is 0.590 bits per heavy atom. The number of ether oxygens (including phenoxy) is 2. The molecular weight excluding hydrogens is 1330 g/mol. The molecule has 6 aliphatic carbocycles. The second-order valence-electron chi connectivity index (χ2n) is 33.6. The third kappa shape index (κ3) is 19.8.